The van der Waals surface area contributed by atoms with Crippen LogP contribution in [0.4, 0.5) is 0 Å². The second-order valence-electron chi connectivity index (χ2n) is 3.35. The summed E-state index contributed by atoms with van der Waals surface area (Å²) in [5.74, 6) is 0.849. The lowest BCUT2D eigenvalue weighted by atomic mass is 10.3. The highest BCUT2D eigenvalue weighted by Gasteiger charge is 1.95. The summed E-state index contributed by atoms with van der Waals surface area (Å²) >= 11 is 0. The van der Waals surface area contributed by atoms with Crippen molar-refractivity contribution < 1.29 is 4.74 Å². The van der Waals surface area contributed by atoms with Crippen LogP contribution >= 0.6 is 0 Å². The van der Waals surface area contributed by atoms with E-state index in [-0.39, 0.29) is 0 Å². The molecule has 0 spiro atoms. The highest BCUT2D eigenvalue weighted by Crippen LogP contribution is 2.09. The molecule has 1 aromatic heterocycles. The fourth-order valence-corrected chi connectivity index (χ4v) is 0.952. The first kappa shape index (κ1) is 13.9. The Morgan fingerprint density at radius 3 is 2.47 bits per heavy atom. The number of ether oxygens (including phenoxy) is 1. The molecule has 0 bridgehead atoms. The van der Waals surface area contributed by atoms with Crippen molar-refractivity contribution in [3.05, 3.63) is 24.0 Å². The van der Waals surface area contributed by atoms with Gasteiger partial charge in [0, 0.05) is 12.7 Å². The third kappa shape index (κ3) is 6.91. The second kappa shape index (κ2) is 8.24. The Kier molecular flexibility index (Phi) is 7.64. The zero-order valence-electron chi connectivity index (χ0n) is 10.4. The zero-order chi connectivity index (χ0) is 11.7. The molecule has 0 aliphatic heterocycles. The smallest absolute Gasteiger partial charge is 0.137 e. The fraction of sp³-hybridized carbons (Fsp3) is 0.583. The lowest BCUT2D eigenvalue weighted by molar-refractivity contribution is 0.260. The molecule has 0 atom stereocenters. The van der Waals surface area contributed by atoms with E-state index in [1.165, 1.54) is 0 Å². The summed E-state index contributed by atoms with van der Waals surface area (Å²) < 4.78 is 5.49. The van der Waals surface area contributed by atoms with Crippen LogP contribution < -0.4 is 4.74 Å². The molecule has 0 amide bonds. The number of hydrogen-bond acceptors (Lipinski definition) is 3. The summed E-state index contributed by atoms with van der Waals surface area (Å²) in [7, 11) is 4.05. The Balaban J connectivity index is 0.000000921. The first-order valence-corrected chi connectivity index (χ1v) is 5.37. The van der Waals surface area contributed by atoms with Crippen LogP contribution in [0.3, 0.4) is 0 Å². The average molecular weight is 210 g/mol. The van der Waals surface area contributed by atoms with E-state index in [4.69, 9.17) is 4.74 Å². The van der Waals surface area contributed by atoms with Gasteiger partial charge in [-0.25, -0.2) is 0 Å². The van der Waals surface area contributed by atoms with Crippen LogP contribution in [0.2, 0.25) is 0 Å². The highest BCUT2D eigenvalue weighted by atomic mass is 16.5. The van der Waals surface area contributed by atoms with E-state index >= 15 is 0 Å². The van der Waals surface area contributed by atoms with Gasteiger partial charge in [0.25, 0.3) is 0 Å². The normalized spacial score (nSPS) is 9.47. The molecule has 15 heavy (non-hydrogen) atoms. The van der Waals surface area contributed by atoms with Crippen molar-refractivity contribution in [2.45, 2.75) is 20.8 Å². The van der Waals surface area contributed by atoms with Crippen LogP contribution in [0.15, 0.2) is 18.5 Å². The summed E-state index contributed by atoms with van der Waals surface area (Å²) in [5, 5.41) is 0. The van der Waals surface area contributed by atoms with Crippen molar-refractivity contribution in [3.8, 4) is 5.75 Å². The van der Waals surface area contributed by atoms with Crippen molar-refractivity contribution in [1.29, 1.82) is 0 Å². The van der Waals surface area contributed by atoms with E-state index in [2.05, 4.69) is 9.88 Å². The van der Waals surface area contributed by atoms with Crippen LogP contribution in [0, 0.1) is 6.92 Å². The minimum atomic E-state index is 0.706. The number of aromatic nitrogens is 1. The van der Waals surface area contributed by atoms with Gasteiger partial charge in [-0.2, -0.15) is 0 Å². The molecule has 0 aromatic carbocycles. The number of aryl methyl sites for hydroxylation is 1. The number of rotatable bonds is 4. The van der Waals surface area contributed by atoms with Crippen molar-refractivity contribution in [1.82, 2.24) is 9.88 Å². The van der Waals surface area contributed by atoms with Crippen molar-refractivity contribution in [2.24, 2.45) is 0 Å². The predicted molar refractivity (Wildman–Crippen MR) is 64.4 cm³/mol. The molecule has 0 radical (unpaired) electrons. The predicted octanol–water partition coefficient (Wildman–Crippen LogP) is 2.36. The molecule has 1 aromatic rings. The van der Waals surface area contributed by atoms with Gasteiger partial charge in [0.2, 0.25) is 0 Å². The van der Waals surface area contributed by atoms with Crippen molar-refractivity contribution in [2.75, 3.05) is 27.2 Å². The maximum absolute atomic E-state index is 5.49. The van der Waals surface area contributed by atoms with Gasteiger partial charge in [0.05, 0.1) is 6.20 Å². The Morgan fingerprint density at radius 2 is 1.93 bits per heavy atom. The third-order valence-electron chi connectivity index (χ3n) is 1.66. The van der Waals surface area contributed by atoms with Gasteiger partial charge < -0.3 is 9.64 Å². The van der Waals surface area contributed by atoms with Gasteiger partial charge in [0.15, 0.2) is 0 Å². The molecule has 0 N–H and O–H groups in total. The Labute approximate surface area is 93.1 Å². The van der Waals surface area contributed by atoms with Gasteiger partial charge >= 0.3 is 0 Å². The topological polar surface area (TPSA) is 25.4 Å². The molecule has 3 nitrogen and oxygen atoms in total. The van der Waals surface area contributed by atoms with Crippen molar-refractivity contribution in [3.63, 3.8) is 0 Å². The number of nitrogens with zero attached hydrogens (tertiary/aromatic N) is 2. The molecule has 1 heterocycles. The summed E-state index contributed by atoms with van der Waals surface area (Å²) in [6, 6.07) is 1.99. The fourth-order valence-electron chi connectivity index (χ4n) is 0.952. The van der Waals surface area contributed by atoms with Gasteiger partial charge in [-0.1, -0.05) is 13.8 Å². The van der Waals surface area contributed by atoms with Gasteiger partial charge in [-0.15, -0.1) is 0 Å². The molecule has 0 saturated carbocycles. The van der Waals surface area contributed by atoms with E-state index in [1.807, 2.05) is 47.1 Å². The highest BCUT2D eigenvalue weighted by molar-refractivity contribution is 5.22. The molecular weight excluding hydrogens is 188 g/mol. The molecular formula is C12H22N2O. The quantitative estimate of drug-likeness (QED) is 0.763. The Bertz CT molecular complexity index is 262. The van der Waals surface area contributed by atoms with Gasteiger partial charge in [-0.3, -0.25) is 4.98 Å². The second-order valence-corrected chi connectivity index (χ2v) is 3.35. The van der Waals surface area contributed by atoms with E-state index in [0.717, 1.165) is 17.9 Å². The molecule has 3 heteroatoms. The van der Waals surface area contributed by atoms with Gasteiger partial charge in [0.1, 0.15) is 12.4 Å². The number of likely N-dealkylation sites (N-methyl/N-ethyl adjacent to an activating group) is 1. The lowest BCUT2D eigenvalue weighted by Gasteiger charge is -2.10. The minimum absolute atomic E-state index is 0.706. The molecule has 0 aliphatic rings. The standard InChI is InChI=1S/C10H16N2O.C2H6/c1-9-6-10(8-11-7-9)13-5-4-12(2)3;1-2/h6-8H,4-5H2,1-3H3;1-2H3. The number of pyridine rings is 1. The van der Waals surface area contributed by atoms with Crippen LogP contribution in [-0.2, 0) is 0 Å². The molecule has 1 rings (SSSR count). The largest absolute Gasteiger partial charge is 0.491 e. The first-order chi connectivity index (χ1) is 7.18. The Morgan fingerprint density at radius 1 is 1.27 bits per heavy atom. The zero-order valence-corrected chi connectivity index (χ0v) is 10.4. The summed E-state index contributed by atoms with van der Waals surface area (Å²) in [6.07, 6.45) is 3.56. The maximum atomic E-state index is 5.49. The van der Waals surface area contributed by atoms with E-state index in [1.54, 1.807) is 6.20 Å². The van der Waals surface area contributed by atoms with Gasteiger partial charge in [-0.05, 0) is 32.6 Å². The van der Waals surface area contributed by atoms with Crippen LogP contribution in [0.25, 0.3) is 0 Å². The lowest BCUT2D eigenvalue weighted by Crippen LogP contribution is -2.19. The Hall–Kier alpha value is -1.09. The summed E-state index contributed by atoms with van der Waals surface area (Å²) in [6.45, 7) is 7.64. The monoisotopic (exact) mass is 210 g/mol. The van der Waals surface area contributed by atoms with Crippen LogP contribution in [0.1, 0.15) is 19.4 Å². The van der Waals surface area contributed by atoms with Crippen LogP contribution in [-0.4, -0.2) is 37.1 Å². The third-order valence-corrected chi connectivity index (χ3v) is 1.66. The van der Waals surface area contributed by atoms with E-state index < -0.39 is 0 Å². The molecule has 0 saturated heterocycles. The summed E-state index contributed by atoms with van der Waals surface area (Å²) in [4.78, 5) is 6.13. The number of hydrogen-bond donors (Lipinski definition) is 0. The van der Waals surface area contributed by atoms with E-state index in [0.29, 0.717) is 6.61 Å². The molecule has 0 unspecified atom stereocenters. The first-order valence-electron chi connectivity index (χ1n) is 5.37. The molecule has 0 fully saturated rings. The van der Waals surface area contributed by atoms with Crippen LogP contribution in [0.5, 0.6) is 5.75 Å². The SMILES string of the molecule is CC.Cc1cncc(OCCN(C)C)c1. The maximum Gasteiger partial charge on any atom is 0.137 e. The van der Waals surface area contributed by atoms with E-state index in [9.17, 15) is 0 Å². The summed E-state index contributed by atoms with van der Waals surface area (Å²) in [5.41, 5.74) is 1.13. The minimum Gasteiger partial charge on any atom is -0.491 e. The average Bonchev–Trinajstić information content (AvgIpc) is 2.20. The van der Waals surface area contributed by atoms with Crippen molar-refractivity contribution >= 4 is 0 Å². The molecule has 0 aliphatic carbocycles. The molecule has 86 valence electrons.